The van der Waals surface area contributed by atoms with Gasteiger partial charge in [-0.2, -0.15) is 0 Å². The molecule has 0 amide bonds. The van der Waals surface area contributed by atoms with Crippen molar-refractivity contribution in [2.24, 2.45) is 0 Å². The number of hydrogen-bond acceptors (Lipinski definition) is 1. The molecule has 1 nitrogen and oxygen atoms in total. The van der Waals surface area contributed by atoms with Crippen LogP contribution in [-0.4, -0.2) is 7.05 Å². The highest BCUT2D eigenvalue weighted by molar-refractivity contribution is 6.34. The molecule has 0 radical (unpaired) electrons. The molecule has 0 heterocycles. The molecule has 0 aliphatic rings. The van der Waals surface area contributed by atoms with Crippen LogP contribution >= 0.6 is 23.2 Å². The second-order valence-electron chi connectivity index (χ2n) is 4.67. The molecule has 2 aromatic rings. The Morgan fingerprint density at radius 1 is 1.05 bits per heavy atom. The van der Waals surface area contributed by atoms with E-state index in [2.05, 4.69) is 36.5 Å². The van der Waals surface area contributed by atoms with Crippen LogP contribution in [0.3, 0.4) is 0 Å². The second kappa shape index (κ2) is 6.42. The average molecular weight is 294 g/mol. The van der Waals surface area contributed by atoms with Gasteiger partial charge in [0.15, 0.2) is 0 Å². The van der Waals surface area contributed by atoms with E-state index in [0.29, 0.717) is 10.0 Å². The Morgan fingerprint density at radius 2 is 1.68 bits per heavy atom. The van der Waals surface area contributed by atoms with Gasteiger partial charge in [0.05, 0.1) is 0 Å². The maximum absolute atomic E-state index is 6.07. The predicted molar refractivity (Wildman–Crippen MR) is 83.1 cm³/mol. The van der Waals surface area contributed by atoms with Gasteiger partial charge in [0.25, 0.3) is 0 Å². The monoisotopic (exact) mass is 293 g/mol. The molecule has 0 bridgehead atoms. The minimum absolute atomic E-state index is 0.206. The van der Waals surface area contributed by atoms with E-state index in [1.807, 2.05) is 19.2 Å². The highest BCUT2D eigenvalue weighted by Gasteiger charge is 2.12. The van der Waals surface area contributed by atoms with Gasteiger partial charge in [0.2, 0.25) is 0 Å². The predicted octanol–water partition coefficient (Wildman–Crippen LogP) is 4.81. The zero-order valence-corrected chi connectivity index (χ0v) is 12.6. The Bertz CT molecular complexity index is 546. The van der Waals surface area contributed by atoms with Gasteiger partial charge in [-0.3, -0.25) is 0 Å². The van der Waals surface area contributed by atoms with Crippen molar-refractivity contribution in [3.05, 3.63) is 69.2 Å². The van der Waals surface area contributed by atoms with Gasteiger partial charge in [-0.15, -0.1) is 0 Å². The maximum Gasteiger partial charge on any atom is 0.0424 e. The lowest BCUT2D eigenvalue weighted by Crippen LogP contribution is -2.19. The van der Waals surface area contributed by atoms with Gasteiger partial charge in [0.1, 0.15) is 0 Å². The first kappa shape index (κ1) is 14.4. The van der Waals surface area contributed by atoms with Gasteiger partial charge in [0, 0.05) is 16.1 Å². The third-order valence-electron chi connectivity index (χ3n) is 3.32. The Hall–Kier alpha value is -1.02. The third kappa shape index (κ3) is 3.73. The normalized spacial score (nSPS) is 12.4. The van der Waals surface area contributed by atoms with Crippen LogP contribution in [0.2, 0.25) is 10.0 Å². The first-order valence-electron chi connectivity index (χ1n) is 6.28. The molecule has 19 heavy (non-hydrogen) atoms. The van der Waals surface area contributed by atoms with Gasteiger partial charge >= 0.3 is 0 Å². The van der Waals surface area contributed by atoms with Crippen molar-refractivity contribution in [3.8, 4) is 0 Å². The second-order valence-corrected chi connectivity index (χ2v) is 5.55. The molecule has 100 valence electrons. The van der Waals surface area contributed by atoms with Gasteiger partial charge in [-0.25, -0.2) is 0 Å². The van der Waals surface area contributed by atoms with E-state index in [0.717, 1.165) is 12.0 Å². The van der Waals surface area contributed by atoms with Crippen molar-refractivity contribution in [1.29, 1.82) is 0 Å². The van der Waals surface area contributed by atoms with E-state index < -0.39 is 0 Å². The zero-order valence-electron chi connectivity index (χ0n) is 11.1. The zero-order chi connectivity index (χ0) is 13.8. The number of halogens is 2. The number of nitrogens with one attached hydrogen (secondary N) is 1. The molecule has 0 aromatic heterocycles. The van der Waals surface area contributed by atoms with Gasteiger partial charge in [-0.05, 0) is 55.3 Å². The largest absolute Gasteiger partial charge is 0.313 e. The minimum Gasteiger partial charge on any atom is -0.313 e. The van der Waals surface area contributed by atoms with Crippen LogP contribution in [0.5, 0.6) is 0 Å². The lowest BCUT2D eigenvalue weighted by Gasteiger charge is -2.18. The molecule has 1 unspecified atom stereocenters. The molecule has 0 aliphatic heterocycles. The molecule has 2 rings (SSSR count). The highest BCUT2D eigenvalue weighted by atomic mass is 35.5. The van der Waals surface area contributed by atoms with E-state index in [1.54, 1.807) is 6.07 Å². The molecule has 0 fully saturated rings. The number of hydrogen-bond donors (Lipinski definition) is 1. The van der Waals surface area contributed by atoms with Crippen LogP contribution in [0.25, 0.3) is 0 Å². The smallest absolute Gasteiger partial charge is 0.0424 e. The summed E-state index contributed by atoms with van der Waals surface area (Å²) in [6, 6.07) is 14.3. The van der Waals surface area contributed by atoms with E-state index in [4.69, 9.17) is 23.2 Å². The van der Waals surface area contributed by atoms with Crippen LogP contribution in [0.15, 0.2) is 42.5 Å². The molecular weight excluding hydrogens is 277 g/mol. The maximum atomic E-state index is 6.07. The Kier molecular flexibility index (Phi) is 4.87. The van der Waals surface area contributed by atoms with Crippen LogP contribution in [0, 0.1) is 6.92 Å². The summed E-state index contributed by atoms with van der Waals surface area (Å²) >= 11 is 12.1. The van der Waals surface area contributed by atoms with Crippen molar-refractivity contribution in [2.45, 2.75) is 19.4 Å². The van der Waals surface area contributed by atoms with Gasteiger partial charge in [-0.1, -0.05) is 47.5 Å². The molecule has 0 saturated heterocycles. The number of aryl methyl sites for hydroxylation is 1. The minimum atomic E-state index is 0.206. The Balaban J connectivity index is 2.28. The fourth-order valence-corrected chi connectivity index (χ4v) is 2.76. The molecule has 1 N–H and O–H groups in total. The number of rotatable bonds is 4. The van der Waals surface area contributed by atoms with Crippen LogP contribution < -0.4 is 5.32 Å². The van der Waals surface area contributed by atoms with Crippen molar-refractivity contribution in [3.63, 3.8) is 0 Å². The average Bonchev–Trinajstić information content (AvgIpc) is 2.36. The molecule has 0 spiro atoms. The number of likely N-dealkylation sites (N-methyl/N-ethyl adjacent to an activating group) is 1. The van der Waals surface area contributed by atoms with E-state index in [1.165, 1.54) is 11.1 Å². The summed E-state index contributed by atoms with van der Waals surface area (Å²) < 4.78 is 0. The molecule has 0 aliphatic carbocycles. The molecule has 1 atom stereocenters. The quantitative estimate of drug-likeness (QED) is 0.853. The first-order valence-corrected chi connectivity index (χ1v) is 7.03. The SMILES string of the molecule is CNC(Cc1ccccc1C)c1cc(Cl)cc(Cl)c1. The highest BCUT2D eigenvalue weighted by Crippen LogP contribution is 2.26. The summed E-state index contributed by atoms with van der Waals surface area (Å²) in [4.78, 5) is 0. The van der Waals surface area contributed by atoms with Crippen LogP contribution in [0.4, 0.5) is 0 Å². The lowest BCUT2D eigenvalue weighted by atomic mass is 9.96. The summed E-state index contributed by atoms with van der Waals surface area (Å²) in [5.74, 6) is 0. The summed E-state index contributed by atoms with van der Waals surface area (Å²) in [6.45, 7) is 2.13. The van der Waals surface area contributed by atoms with E-state index >= 15 is 0 Å². The van der Waals surface area contributed by atoms with Gasteiger partial charge < -0.3 is 5.32 Å². The standard InChI is InChI=1S/C16H17Cl2N/c1-11-5-3-4-6-12(11)9-16(19-2)13-7-14(17)10-15(18)8-13/h3-8,10,16,19H,9H2,1-2H3. The van der Waals surface area contributed by atoms with E-state index in [9.17, 15) is 0 Å². The van der Waals surface area contributed by atoms with Crippen LogP contribution in [-0.2, 0) is 6.42 Å². The third-order valence-corrected chi connectivity index (χ3v) is 3.76. The summed E-state index contributed by atoms with van der Waals surface area (Å²) in [5.41, 5.74) is 3.75. The summed E-state index contributed by atoms with van der Waals surface area (Å²) in [6.07, 6.45) is 0.917. The number of benzene rings is 2. The molecule has 0 saturated carbocycles. The lowest BCUT2D eigenvalue weighted by molar-refractivity contribution is 0.591. The van der Waals surface area contributed by atoms with Crippen molar-refractivity contribution in [1.82, 2.24) is 5.32 Å². The first-order chi connectivity index (χ1) is 9.10. The van der Waals surface area contributed by atoms with Crippen molar-refractivity contribution >= 4 is 23.2 Å². The Labute approximate surface area is 124 Å². The molecular formula is C16H17Cl2N. The van der Waals surface area contributed by atoms with Crippen molar-refractivity contribution in [2.75, 3.05) is 7.05 Å². The fraction of sp³-hybridized carbons (Fsp3) is 0.250. The Morgan fingerprint density at radius 3 is 2.26 bits per heavy atom. The van der Waals surface area contributed by atoms with E-state index in [-0.39, 0.29) is 6.04 Å². The van der Waals surface area contributed by atoms with Crippen molar-refractivity contribution < 1.29 is 0 Å². The molecule has 3 heteroatoms. The summed E-state index contributed by atoms with van der Waals surface area (Å²) in [7, 11) is 1.96. The summed E-state index contributed by atoms with van der Waals surface area (Å²) in [5, 5.41) is 4.68. The fourth-order valence-electron chi connectivity index (χ4n) is 2.22. The topological polar surface area (TPSA) is 12.0 Å². The van der Waals surface area contributed by atoms with Crippen LogP contribution in [0.1, 0.15) is 22.7 Å². The molecule has 2 aromatic carbocycles.